The first-order chi connectivity index (χ1) is 17.8. The van der Waals surface area contributed by atoms with Gasteiger partial charge in [-0.25, -0.2) is 0 Å². The predicted molar refractivity (Wildman–Crippen MR) is 149 cm³/mol. The average Bonchev–Trinajstić information content (AvgIpc) is 3.21. The lowest BCUT2D eigenvalue weighted by Crippen LogP contribution is -2.31. The molecule has 3 aromatic carbocycles. The number of anilines is 2. The molecule has 1 atom stereocenters. The van der Waals surface area contributed by atoms with Gasteiger partial charge in [0.1, 0.15) is 22.4 Å². The molecule has 1 aliphatic rings. The van der Waals surface area contributed by atoms with Crippen molar-refractivity contribution in [2.45, 2.75) is 38.4 Å². The van der Waals surface area contributed by atoms with Crippen LogP contribution in [-0.2, 0) is 16.0 Å². The summed E-state index contributed by atoms with van der Waals surface area (Å²) in [5.41, 5.74) is 4.24. The molecule has 37 heavy (non-hydrogen) atoms. The van der Waals surface area contributed by atoms with E-state index < -0.39 is 11.2 Å². The smallest absolute Gasteiger partial charge is 0.269 e. The van der Waals surface area contributed by atoms with Gasteiger partial charge in [-0.05, 0) is 60.2 Å². The minimum Gasteiger partial charge on any atom is -0.495 e. The first-order valence-corrected chi connectivity index (χ1v) is 13.0. The van der Waals surface area contributed by atoms with Crippen LogP contribution in [0.3, 0.4) is 0 Å². The molecule has 0 saturated carbocycles. The van der Waals surface area contributed by atoms with Gasteiger partial charge in [-0.1, -0.05) is 74.1 Å². The predicted octanol–water partition coefficient (Wildman–Crippen LogP) is 6.19. The van der Waals surface area contributed by atoms with Gasteiger partial charge in [0.15, 0.2) is 0 Å². The third-order valence-corrected chi connectivity index (χ3v) is 7.61. The Balaban J connectivity index is 1.75. The molecule has 1 unspecified atom stereocenters. The van der Waals surface area contributed by atoms with Crippen molar-refractivity contribution in [1.29, 1.82) is 5.26 Å². The number of carbonyl (C=O) groups excluding carboxylic acids is 2. The van der Waals surface area contributed by atoms with Crippen LogP contribution in [0.1, 0.15) is 36.5 Å². The summed E-state index contributed by atoms with van der Waals surface area (Å²) >= 11 is 1.26. The second-order valence-corrected chi connectivity index (χ2v) is 10.3. The fourth-order valence-corrected chi connectivity index (χ4v) is 5.50. The summed E-state index contributed by atoms with van der Waals surface area (Å²) < 4.78 is 5.33. The Morgan fingerprint density at radius 1 is 1.08 bits per heavy atom. The van der Waals surface area contributed by atoms with E-state index in [-0.39, 0.29) is 11.5 Å². The van der Waals surface area contributed by atoms with Gasteiger partial charge >= 0.3 is 0 Å². The van der Waals surface area contributed by atoms with E-state index in [0.29, 0.717) is 34.5 Å². The van der Waals surface area contributed by atoms with Crippen LogP contribution in [0.5, 0.6) is 5.75 Å². The molecule has 0 aliphatic carbocycles. The number of hydrogen-bond donors (Lipinski definition) is 1. The van der Waals surface area contributed by atoms with Crippen LogP contribution in [-0.4, -0.2) is 24.2 Å². The lowest BCUT2D eigenvalue weighted by Gasteiger charge is -2.20. The van der Waals surface area contributed by atoms with Crippen LogP contribution >= 0.6 is 11.8 Å². The first kappa shape index (κ1) is 26.1. The summed E-state index contributed by atoms with van der Waals surface area (Å²) in [6.07, 6.45) is 0.493. The number of para-hydroxylation sites is 2. The monoisotopic (exact) mass is 511 g/mol. The van der Waals surface area contributed by atoms with Gasteiger partial charge in [0, 0.05) is 5.69 Å². The molecule has 4 rings (SSSR count). The highest BCUT2D eigenvalue weighted by atomic mass is 32.2. The standard InChI is InChI=1S/C30H29N3O3S/c1-19(2)21-13-15-23(16-14-21)33-29(35)27(17-22-10-6-5-9-20(22)3)37-30(33)24(18-31)28(34)32-25-11-7-8-12-26(25)36-4/h5-16,19,27H,17H2,1-4H3,(H,32,34)/b30-24-. The summed E-state index contributed by atoms with van der Waals surface area (Å²) in [5, 5.41) is 12.7. The molecule has 0 spiro atoms. The molecule has 3 aromatic rings. The first-order valence-electron chi connectivity index (χ1n) is 12.1. The van der Waals surface area contributed by atoms with Crippen molar-refractivity contribution in [1.82, 2.24) is 0 Å². The Hall–Kier alpha value is -4.02. The molecule has 1 heterocycles. The van der Waals surface area contributed by atoms with Crippen LogP contribution in [0.2, 0.25) is 0 Å². The highest BCUT2D eigenvalue weighted by molar-refractivity contribution is 8.05. The van der Waals surface area contributed by atoms with E-state index in [4.69, 9.17) is 4.74 Å². The Morgan fingerprint density at radius 3 is 2.41 bits per heavy atom. The van der Waals surface area contributed by atoms with E-state index in [1.54, 1.807) is 24.3 Å². The summed E-state index contributed by atoms with van der Waals surface area (Å²) in [6, 6.07) is 24.7. The van der Waals surface area contributed by atoms with Crippen LogP contribution in [0.25, 0.3) is 0 Å². The number of hydrogen-bond acceptors (Lipinski definition) is 5. The van der Waals surface area contributed by atoms with Crippen molar-refractivity contribution in [2.24, 2.45) is 0 Å². The Labute approximate surface area is 221 Å². The molecule has 0 radical (unpaired) electrons. The molecule has 188 valence electrons. The van der Waals surface area contributed by atoms with Crippen molar-refractivity contribution in [2.75, 3.05) is 17.3 Å². The number of nitrogens with zero attached hydrogens (tertiary/aromatic N) is 2. The van der Waals surface area contributed by atoms with E-state index in [9.17, 15) is 14.9 Å². The van der Waals surface area contributed by atoms with E-state index in [0.717, 1.165) is 16.7 Å². The van der Waals surface area contributed by atoms with Gasteiger partial charge < -0.3 is 10.1 Å². The van der Waals surface area contributed by atoms with Crippen molar-refractivity contribution >= 4 is 35.0 Å². The molecule has 1 aliphatic heterocycles. The minimum absolute atomic E-state index is 0.121. The van der Waals surface area contributed by atoms with Gasteiger partial charge in [-0.2, -0.15) is 5.26 Å². The number of aryl methyl sites for hydroxylation is 1. The van der Waals surface area contributed by atoms with Crippen molar-refractivity contribution in [3.05, 3.63) is 100 Å². The number of amides is 2. The van der Waals surface area contributed by atoms with Crippen LogP contribution < -0.4 is 15.0 Å². The number of methoxy groups -OCH3 is 1. The highest BCUT2D eigenvalue weighted by Crippen LogP contribution is 2.42. The van der Waals surface area contributed by atoms with Crippen molar-refractivity contribution < 1.29 is 14.3 Å². The second-order valence-electron chi connectivity index (χ2n) is 9.10. The fraction of sp³-hybridized carbons (Fsp3) is 0.233. The molecule has 6 nitrogen and oxygen atoms in total. The Morgan fingerprint density at radius 2 is 1.76 bits per heavy atom. The van der Waals surface area contributed by atoms with E-state index in [1.807, 2.05) is 55.5 Å². The number of carbonyl (C=O) groups is 2. The van der Waals surface area contributed by atoms with Gasteiger partial charge in [0.05, 0.1) is 18.0 Å². The zero-order valence-corrected chi connectivity index (χ0v) is 22.1. The second kappa shape index (κ2) is 11.4. The van der Waals surface area contributed by atoms with E-state index >= 15 is 0 Å². The Kier molecular flexibility index (Phi) is 8.00. The maximum absolute atomic E-state index is 13.8. The third kappa shape index (κ3) is 5.55. The molecule has 1 N–H and O–H groups in total. The molecular formula is C30H29N3O3S. The number of rotatable bonds is 7. The lowest BCUT2D eigenvalue weighted by molar-refractivity contribution is -0.117. The van der Waals surface area contributed by atoms with Crippen LogP contribution in [0.15, 0.2) is 83.4 Å². The highest BCUT2D eigenvalue weighted by Gasteiger charge is 2.41. The van der Waals surface area contributed by atoms with Crippen molar-refractivity contribution in [3.8, 4) is 11.8 Å². The number of benzene rings is 3. The summed E-state index contributed by atoms with van der Waals surface area (Å²) in [4.78, 5) is 28.6. The van der Waals surface area contributed by atoms with Gasteiger partial charge in [0.25, 0.3) is 5.91 Å². The number of ether oxygens (including phenoxy) is 1. The molecule has 0 aromatic heterocycles. The van der Waals surface area contributed by atoms with Gasteiger partial charge in [-0.15, -0.1) is 0 Å². The molecule has 0 bridgehead atoms. The Bertz CT molecular complexity index is 1390. The summed E-state index contributed by atoms with van der Waals surface area (Å²) in [7, 11) is 1.51. The average molecular weight is 512 g/mol. The maximum Gasteiger partial charge on any atom is 0.269 e. The molecule has 1 saturated heterocycles. The zero-order valence-electron chi connectivity index (χ0n) is 21.3. The fourth-order valence-electron chi connectivity index (χ4n) is 4.20. The molecule has 7 heteroatoms. The third-order valence-electron chi connectivity index (χ3n) is 6.35. The quantitative estimate of drug-likeness (QED) is 0.302. The molecule has 1 fully saturated rings. The summed E-state index contributed by atoms with van der Waals surface area (Å²) in [6.45, 7) is 6.22. The normalized spacial score (nSPS) is 16.5. The molecule has 2 amide bonds. The van der Waals surface area contributed by atoms with Crippen molar-refractivity contribution in [3.63, 3.8) is 0 Å². The topological polar surface area (TPSA) is 82.4 Å². The van der Waals surface area contributed by atoms with Crippen LogP contribution in [0.4, 0.5) is 11.4 Å². The number of nitrogens with one attached hydrogen (secondary N) is 1. The summed E-state index contributed by atoms with van der Waals surface area (Å²) in [5.74, 6) is 0.0655. The van der Waals surface area contributed by atoms with Gasteiger partial charge in [0.2, 0.25) is 5.91 Å². The number of nitriles is 1. The van der Waals surface area contributed by atoms with E-state index in [1.165, 1.54) is 23.8 Å². The molecular weight excluding hydrogens is 482 g/mol. The minimum atomic E-state index is -0.595. The largest absolute Gasteiger partial charge is 0.495 e. The zero-order chi connectivity index (χ0) is 26.5. The number of thioether (sulfide) groups is 1. The maximum atomic E-state index is 13.8. The van der Waals surface area contributed by atoms with Gasteiger partial charge in [-0.3, -0.25) is 14.5 Å². The SMILES string of the molecule is COc1ccccc1NC(=O)/C(C#N)=C1\SC(Cc2ccccc2C)C(=O)N1c1ccc(C(C)C)cc1. The van der Waals surface area contributed by atoms with Crippen LogP contribution in [0, 0.1) is 18.3 Å². The van der Waals surface area contributed by atoms with E-state index in [2.05, 4.69) is 25.2 Å². The lowest BCUT2D eigenvalue weighted by atomic mass is 10.0.